The lowest BCUT2D eigenvalue weighted by molar-refractivity contribution is 1.03. The Bertz CT molecular complexity index is 643. The average Bonchev–Trinajstić information content (AvgIpc) is 2.82. The fourth-order valence-corrected chi connectivity index (χ4v) is 1.84. The maximum Gasteiger partial charge on any atom is 0.140 e. The predicted octanol–water partition coefficient (Wildman–Crippen LogP) is 2.58. The van der Waals surface area contributed by atoms with Crippen LogP contribution in [0.5, 0.6) is 0 Å². The van der Waals surface area contributed by atoms with Gasteiger partial charge in [-0.05, 0) is 30.2 Å². The van der Waals surface area contributed by atoms with Crippen molar-refractivity contribution >= 4 is 11.0 Å². The van der Waals surface area contributed by atoms with Crippen molar-refractivity contribution < 1.29 is 0 Å². The molecule has 3 aromatic rings. The minimum atomic E-state index is 0.836. The molecule has 0 saturated carbocycles. The first kappa shape index (κ1) is 9.96. The molecule has 0 aliphatic rings. The molecule has 4 nitrogen and oxygen atoms in total. The van der Waals surface area contributed by atoms with Crippen LogP contribution in [0.4, 0.5) is 0 Å². The lowest BCUT2D eigenvalue weighted by atomic mass is 10.1. The van der Waals surface area contributed by atoms with Gasteiger partial charge in [0, 0.05) is 5.56 Å². The van der Waals surface area contributed by atoms with E-state index in [0.717, 1.165) is 28.8 Å². The third-order valence-electron chi connectivity index (χ3n) is 2.81. The number of hydrogen-bond acceptors (Lipinski definition) is 3. The number of nitrogens with zero attached hydrogens (tertiary/aromatic N) is 3. The molecule has 0 amide bonds. The van der Waals surface area contributed by atoms with Crippen molar-refractivity contribution in [2.45, 2.75) is 13.3 Å². The van der Waals surface area contributed by atoms with Crippen LogP contribution in [-0.2, 0) is 6.42 Å². The second kappa shape index (κ2) is 3.97. The van der Waals surface area contributed by atoms with Crippen LogP contribution in [0.2, 0.25) is 0 Å². The molecular weight excluding hydrogens is 212 g/mol. The lowest BCUT2D eigenvalue weighted by Crippen LogP contribution is -1.83. The van der Waals surface area contributed by atoms with E-state index < -0.39 is 0 Å². The van der Waals surface area contributed by atoms with Crippen molar-refractivity contribution in [3.05, 3.63) is 42.2 Å². The summed E-state index contributed by atoms with van der Waals surface area (Å²) in [7, 11) is 0. The molecule has 0 aliphatic heterocycles. The Labute approximate surface area is 98.7 Å². The fourth-order valence-electron chi connectivity index (χ4n) is 1.84. The van der Waals surface area contributed by atoms with Gasteiger partial charge in [0.2, 0.25) is 0 Å². The maximum absolute atomic E-state index is 4.54. The van der Waals surface area contributed by atoms with Crippen LogP contribution in [0.3, 0.4) is 0 Å². The number of hydrogen-bond donors (Lipinski definition) is 1. The summed E-state index contributed by atoms with van der Waals surface area (Å²) in [6.07, 6.45) is 4.40. The Morgan fingerprint density at radius 2 is 2.12 bits per heavy atom. The molecule has 3 rings (SSSR count). The monoisotopic (exact) mass is 224 g/mol. The van der Waals surface area contributed by atoms with Crippen molar-refractivity contribution in [3.8, 4) is 11.4 Å². The third kappa shape index (κ3) is 1.78. The van der Waals surface area contributed by atoms with Crippen molar-refractivity contribution in [3.63, 3.8) is 0 Å². The molecule has 2 aromatic heterocycles. The zero-order valence-corrected chi connectivity index (χ0v) is 9.51. The number of aryl methyl sites for hydroxylation is 1. The Morgan fingerprint density at radius 3 is 2.88 bits per heavy atom. The highest BCUT2D eigenvalue weighted by molar-refractivity contribution is 5.79. The molecule has 0 aliphatic carbocycles. The van der Waals surface area contributed by atoms with Gasteiger partial charge in [-0.15, -0.1) is 0 Å². The van der Waals surface area contributed by atoms with Crippen LogP contribution in [0.15, 0.2) is 36.7 Å². The summed E-state index contributed by atoms with van der Waals surface area (Å²) in [5, 5.41) is 7.62. The quantitative estimate of drug-likeness (QED) is 0.727. The smallest absolute Gasteiger partial charge is 0.140 e. The summed E-state index contributed by atoms with van der Waals surface area (Å²) in [5.74, 6) is 0.836. The van der Waals surface area contributed by atoms with Gasteiger partial charge in [-0.1, -0.05) is 13.0 Å². The highest BCUT2D eigenvalue weighted by atomic mass is 15.1. The Balaban J connectivity index is 2.14. The molecule has 84 valence electrons. The van der Waals surface area contributed by atoms with E-state index in [4.69, 9.17) is 0 Å². The molecular formula is C13H12N4. The van der Waals surface area contributed by atoms with E-state index in [1.807, 2.05) is 12.1 Å². The molecule has 0 spiro atoms. The molecule has 0 bridgehead atoms. The number of imidazole rings is 1. The van der Waals surface area contributed by atoms with Crippen LogP contribution < -0.4 is 0 Å². The van der Waals surface area contributed by atoms with Gasteiger partial charge in [-0.3, -0.25) is 0 Å². The minimum Gasteiger partial charge on any atom is -0.338 e. The number of fused-ring (bicyclic) bond motifs is 1. The summed E-state index contributed by atoms with van der Waals surface area (Å²) in [5.41, 5.74) is 4.31. The second-order valence-electron chi connectivity index (χ2n) is 3.92. The SMILES string of the molecule is CCc1ccc2nc(-c3ccnnc3)[nH]c2c1. The lowest BCUT2D eigenvalue weighted by Gasteiger charge is -1.94. The largest absolute Gasteiger partial charge is 0.338 e. The molecule has 1 N–H and O–H groups in total. The molecule has 4 heteroatoms. The van der Waals surface area contributed by atoms with Gasteiger partial charge in [0.05, 0.1) is 23.4 Å². The van der Waals surface area contributed by atoms with Gasteiger partial charge in [-0.25, -0.2) is 4.98 Å². The first-order valence-corrected chi connectivity index (χ1v) is 5.62. The van der Waals surface area contributed by atoms with Crippen molar-refractivity contribution in [2.24, 2.45) is 0 Å². The number of aromatic amines is 1. The molecule has 1 aromatic carbocycles. The molecule has 0 unspecified atom stereocenters. The first-order chi connectivity index (χ1) is 8.36. The van der Waals surface area contributed by atoms with Gasteiger partial charge >= 0.3 is 0 Å². The number of rotatable bonds is 2. The topological polar surface area (TPSA) is 54.5 Å². The van der Waals surface area contributed by atoms with Gasteiger partial charge in [0.15, 0.2) is 0 Å². The van der Waals surface area contributed by atoms with E-state index in [9.17, 15) is 0 Å². The van der Waals surface area contributed by atoms with Crippen molar-refractivity contribution in [1.29, 1.82) is 0 Å². The van der Waals surface area contributed by atoms with E-state index in [1.54, 1.807) is 12.4 Å². The highest BCUT2D eigenvalue weighted by Crippen LogP contribution is 2.20. The zero-order chi connectivity index (χ0) is 11.7. The molecule has 0 fully saturated rings. The molecule has 0 atom stereocenters. The fraction of sp³-hybridized carbons (Fsp3) is 0.154. The Hall–Kier alpha value is -2.23. The maximum atomic E-state index is 4.54. The predicted molar refractivity (Wildman–Crippen MR) is 66.5 cm³/mol. The minimum absolute atomic E-state index is 0.836. The van der Waals surface area contributed by atoms with Gasteiger partial charge < -0.3 is 4.98 Å². The number of H-pyrrole nitrogens is 1. The Morgan fingerprint density at radius 1 is 1.18 bits per heavy atom. The van der Waals surface area contributed by atoms with E-state index in [-0.39, 0.29) is 0 Å². The van der Waals surface area contributed by atoms with Crippen LogP contribution >= 0.6 is 0 Å². The first-order valence-electron chi connectivity index (χ1n) is 5.62. The summed E-state index contributed by atoms with van der Waals surface area (Å²) in [4.78, 5) is 7.84. The normalized spacial score (nSPS) is 10.9. The van der Waals surface area contributed by atoms with E-state index >= 15 is 0 Å². The van der Waals surface area contributed by atoms with E-state index in [0.29, 0.717) is 0 Å². The third-order valence-corrected chi connectivity index (χ3v) is 2.81. The summed E-state index contributed by atoms with van der Waals surface area (Å²) in [6.45, 7) is 2.14. The summed E-state index contributed by atoms with van der Waals surface area (Å²) >= 11 is 0. The van der Waals surface area contributed by atoms with Gasteiger partial charge in [0.1, 0.15) is 5.82 Å². The number of benzene rings is 1. The second-order valence-corrected chi connectivity index (χ2v) is 3.92. The van der Waals surface area contributed by atoms with Crippen molar-refractivity contribution in [1.82, 2.24) is 20.2 Å². The van der Waals surface area contributed by atoms with Crippen LogP contribution in [0.1, 0.15) is 12.5 Å². The van der Waals surface area contributed by atoms with E-state index in [2.05, 4.69) is 39.2 Å². The molecule has 2 heterocycles. The van der Waals surface area contributed by atoms with E-state index in [1.165, 1.54) is 5.56 Å². The number of nitrogens with one attached hydrogen (secondary N) is 1. The number of aromatic nitrogens is 4. The molecule has 0 radical (unpaired) electrons. The van der Waals surface area contributed by atoms with Crippen LogP contribution in [0, 0.1) is 0 Å². The highest BCUT2D eigenvalue weighted by Gasteiger charge is 2.05. The molecule has 0 saturated heterocycles. The zero-order valence-electron chi connectivity index (χ0n) is 9.51. The Kier molecular flexibility index (Phi) is 2.33. The standard InChI is InChI=1S/C13H12N4/c1-2-9-3-4-11-12(7-9)17-13(16-11)10-5-6-14-15-8-10/h3-8H,2H2,1H3,(H,16,17). The summed E-state index contributed by atoms with van der Waals surface area (Å²) in [6, 6.07) is 8.19. The summed E-state index contributed by atoms with van der Waals surface area (Å²) < 4.78 is 0. The van der Waals surface area contributed by atoms with Crippen LogP contribution in [-0.4, -0.2) is 20.2 Å². The van der Waals surface area contributed by atoms with Gasteiger partial charge in [-0.2, -0.15) is 10.2 Å². The molecule has 17 heavy (non-hydrogen) atoms. The van der Waals surface area contributed by atoms with Crippen LogP contribution in [0.25, 0.3) is 22.4 Å². The van der Waals surface area contributed by atoms with Gasteiger partial charge in [0.25, 0.3) is 0 Å². The van der Waals surface area contributed by atoms with Crippen molar-refractivity contribution in [2.75, 3.05) is 0 Å². The average molecular weight is 224 g/mol.